The maximum absolute atomic E-state index is 12.4. The predicted octanol–water partition coefficient (Wildman–Crippen LogP) is 4.40. The van der Waals surface area contributed by atoms with Gasteiger partial charge in [-0.1, -0.05) is 35.5 Å². The standard InChI is InChI=1S/C21H17N3O3S/c1-26-17-9-7-14(8-10-17)19-11-18(24-27-19)20(25)22-12-16-13-28-21(23-16)15-5-3-2-4-6-15/h2-11,13H,12H2,1H3,(H,22,25). The minimum atomic E-state index is -0.308. The molecular formula is C21H17N3O3S. The van der Waals surface area contributed by atoms with E-state index in [4.69, 9.17) is 9.26 Å². The third kappa shape index (κ3) is 3.94. The van der Waals surface area contributed by atoms with Crippen molar-refractivity contribution >= 4 is 17.2 Å². The largest absolute Gasteiger partial charge is 0.497 e. The Labute approximate surface area is 165 Å². The van der Waals surface area contributed by atoms with Crippen LogP contribution >= 0.6 is 11.3 Å². The number of amides is 1. The first-order chi connectivity index (χ1) is 13.7. The smallest absolute Gasteiger partial charge is 0.273 e. The lowest BCUT2D eigenvalue weighted by Gasteiger charge is -2.00. The Balaban J connectivity index is 1.39. The Morgan fingerprint density at radius 2 is 1.89 bits per heavy atom. The topological polar surface area (TPSA) is 77.2 Å². The van der Waals surface area contributed by atoms with Gasteiger partial charge in [0.2, 0.25) is 0 Å². The van der Waals surface area contributed by atoms with Gasteiger partial charge < -0.3 is 14.6 Å². The summed E-state index contributed by atoms with van der Waals surface area (Å²) in [7, 11) is 1.61. The van der Waals surface area contributed by atoms with Gasteiger partial charge in [0.25, 0.3) is 5.91 Å². The summed E-state index contributed by atoms with van der Waals surface area (Å²) in [4.78, 5) is 16.9. The molecule has 1 N–H and O–H groups in total. The van der Waals surface area contributed by atoms with Crippen molar-refractivity contribution in [2.24, 2.45) is 0 Å². The molecule has 0 saturated carbocycles. The van der Waals surface area contributed by atoms with E-state index in [1.54, 1.807) is 24.5 Å². The van der Waals surface area contributed by atoms with E-state index >= 15 is 0 Å². The summed E-state index contributed by atoms with van der Waals surface area (Å²) in [6.07, 6.45) is 0. The van der Waals surface area contributed by atoms with Crippen molar-refractivity contribution in [2.75, 3.05) is 7.11 Å². The van der Waals surface area contributed by atoms with Gasteiger partial charge in [0.15, 0.2) is 11.5 Å². The van der Waals surface area contributed by atoms with Gasteiger partial charge in [-0.25, -0.2) is 4.98 Å². The monoisotopic (exact) mass is 391 g/mol. The Morgan fingerprint density at radius 3 is 2.64 bits per heavy atom. The Morgan fingerprint density at radius 1 is 1.11 bits per heavy atom. The zero-order valence-electron chi connectivity index (χ0n) is 15.1. The zero-order valence-corrected chi connectivity index (χ0v) is 15.9. The Bertz CT molecular complexity index is 1070. The second-order valence-corrected chi connectivity index (χ2v) is 6.86. The normalized spacial score (nSPS) is 10.6. The van der Waals surface area contributed by atoms with Crippen LogP contribution in [0.1, 0.15) is 16.2 Å². The van der Waals surface area contributed by atoms with E-state index in [2.05, 4.69) is 15.5 Å². The number of carbonyl (C=O) groups is 1. The van der Waals surface area contributed by atoms with Crippen LogP contribution in [0, 0.1) is 0 Å². The van der Waals surface area contributed by atoms with Crippen molar-refractivity contribution in [3.63, 3.8) is 0 Å². The summed E-state index contributed by atoms with van der Waals surface area (Å²) in [6, 6.07) is 18.9. The van der Waals surface area contributed by atoms with Gasteiger partial charge in [-0.15, -0.1) is 11.3 Å². The van der Waals surface area contributed by atoms with E-state index in [0.717, 1.165) is 27.6 Å². The highest BCUT2D eigenvalue weighted by Gasteiger charge is 2.14. The first-order valence-electron chi connectivity index (χ1n) is 8.62. The number of aromatic nitrogens is 2. The van der Waals surface area contributed by atoms with Crippen molar-refractivity contribution in [2.45, 2.75) is 6.54 Å². The van der Waals surface area contributed by atoms with Gasteiger partial charge in [0.05, 0.1) is 19.3 Å². The van der Waals surface area contributed by atoms with Gasteiger partial charge in [-0.2, -0.15) is 0 Å². The molecular weight excluding hydrogens is 374 g/mol. The van der Waals surface area contributed by atoms with Gasteiger partial charge in [-0.3, -0.25) is 4.79 Å². The SMILES string of the molecule is COc1ccc(-c2cc(C(=O)NCc3csc(-c4ccccc4)n3)no2)cc1. The fraction of sp³-hybridized carbons (Fsp3) is 0.0952. The minimum absolute atomic E-state index is 0.226. The number of nitrogens with zero attached hydrogens (tertiary/aromatic N) is 2. The molecule has 0 aliphatic rings. The molecule has 0 atom stereocenters. The average Bonchev–Trinajstić information content (AvgIpc) is 3.43. The second-order valence-electron chi connectivity index (χ2n) is 6.00. The van der Waals surface area contributed by atoms with Crippen LogP contribution in [-0.4, -0.2) is 23.2 Å². The van der Waals surface area contributed by atoms with Gasteiger partial charge in [-0.05, 0) is 24.3 Å². The molecule has 140 valence electrons. The predicted molar refractivity (Wildman–Crippen MR) is 107 cm³/mol. The number of hydrogen-bond donors (Lipinski definition) is 1. The first-order valence-corrected chi connectivity index (χ1v) is 9.50. The molecule has 4 aromatic rings. The van der Waals surface area contributed by atoms with E-state index in [9.17, 15) is 4.79 Å². The molecule has 0 unspecified atom stereocenters. The average molecular weight is 391 g/mol. The molecule has 2 aromatic carbocycles. The van der Waals surface area contributed by atoms with Crippen molar-refractivity contribution < 1.29 is 14.1 Å². The molecule has 28 heavy (non-hydrogen) atoms. The summed E-state index contributed by atoms with van der Waals surface area (Å²) in [5.41, 5.74) is 2.91. The molecule has 0 aliphatic heterocycles. The van der Waals surface area contributed by atoms with Crippen molar-refractivity contribution in [1.82, 2.24) is 15.5 Å². The summed E-state index contributed by atoms with van der Waals surface area (Å²) >= 11 is 1.55. The Kier molecular flexibility index (Phi) is 5.16. The van der Waals surface area contributed by atoms with Crippen LogP contribution in [0.4, 0.5) is 0 Å². The molecule has 0 spiro atoms. The molecule has 1 amide bonds. The third-order valence-corrected chi connectivity index (χ3v) is 5.06. The molecule has 6 nitrogen and oxygen atoms in total. The van der Waals surface area contributed by atoms with E-state index in [1.807, 2.05) is 60.0 Å². The maximum Gasteiger partial charge on any atom is 0.273 e. The number of benzene rings is 2. The molecule has 2 heterocycles. The highest BCUT2D eigenvalue weighted by atomic mass is 32.1. The van der Waals surface area contributed by atoms with Gasteiger partial charge in [0, 0.05) is 22.6 Å². The summed E-state index contributed by atoms with van der Waals surface area (Å²) in [6.45, 7) is 0.326. The molecule has 0 fully saturated rings. The van der Waals surface area contributed by atoms with Crippen LogP contribution < -0.4 is 10.1 Å². The molecule has 7 heteroatoms. The summed E-state index contributed by atoms with van der Waals surface area (Å²) in [5.74, 6) is 0.963. The number of thiazole rings is 1. The maximum atomic E-state index is 12.4. The Hall–Kier alpha value is -3.45. The fourth-order valence-corrected chi connectivity index (χ4v) is 3.46. The van der Waals surface area contributed by atoms with E-state index < -0.39 is 0 Å². The molecule has 0 bridgehead atoms. The molecule has 2 aromatic heterocycles. The summed E-state index contributed by atoms with van der Waals surface area (Å²) in [5, 5.41) is 9.55. The highest BCUT2D eigenvalue weighted by molar-refractivity contribution is 7.13. The minimum Gasteiger partial charge on any atom is -0.497 e. The van der Waals surface area contributed by atoms with Crippen molar-refractivity contribution in [1.29, 1.82) is 0 Å². The summed E-state index contributed by atoms with van der Waals surface area (Å²) < 4.78 is 10.4. The van der Waals surface area contributed by atoms with Crippen LogP contribution in [0.15, 0.2) is 70.6 Å². The first kappa shape index (κ1) is 17.9. The molecule has 0 aliphatic carbocycles. The lowest BCUT2D eigenvalue weighted by molar-refractivity contribution is 0.0941. The fourth-order valence-electron chi connectivity index (χ4n) is 2.64. The molecule has 0 saturated heterocycles. The number of carbonyl (C=O) groups excluding carboxylic acids is 1. The van der Waals surface area contributed by atoms with Crippen LogP contribution in [-0.2, 0) is 6.54 Å². The molecule has 0 radical (unpaired) electrons. The van der Waals surface area contributed by atoms with Crippen LogP contribution in [0.25, 0.3) is 21.9 Å². The van der Waals surface area contributed by atoms with Gasteiger partial charge in [0.1, 0.15) is 10.8 Å². The van der Waals surface area contributed by atoms with Crippen molar-refractivity contribution in [3.05, 3.63) is 77.4 Å². The second kappa shape index (κ2) is 8.06. The van der Waals surface area contributed by atoms with E-state index in [1.165, 1.54) is 0 Å². The number of methoxy groups -OCH3 is 1. The van der Waals surface area contributed by atoms with Crippen LogP contribution in [0.5, 0.6) is 5.75 Å². The van der Waals surface area contributed by atoms with Crippen molar-refractivity contribution in [3.8, 4) is 27.6 Å². The number of rotatable bonds is 6. The zero-order chi connectivity index (χ0) is 19.3. The number of hydrogen-bond acceptors (Lipinski definition) is 6. The highest BCUT2D eigenvalue weighted by Crippen LogP contribution is 2.24. The van der Waals surface area contributed by atoms with E-state index in [-0.39, 0.29) is 11.6 Å². The quantitative estimate of drug-likeness (QED) is 0.527. The lowest BCUT2D eigenvalue weighted by atomic mass is 10.1. The lowest BCUT2D eigenvalue weighted by Crippen LogP contribution is -2.23. The van der Waals surface area contributed by atoms with Crippen LogP contribution in [0.3, 0.4) is 0 Å². The number of nitrogens with one attached hydrogen (secondary N) is 1. The molecule has 4 rings (SSSR count). The van der Waals surface area contributed by atoms with Gasteiger partial charge >= 0.3 is 0 Å². The number of ether oxygens (including phenoxy) is 1. The van der Waals surface area contributed by atoms with Crippen LogP contribution in [0.2, 0.25) is 0 Å². The third-order valence-electron chi connectivity index (χ3n) is 4.12. The van der Waals surface area contributed by atoms with E-state index in [0.29, 0.717) is 12.3 Å².